The van der Waals surface area contributed by atoms with E-state index in [2.05, 4.69) is 31.7 Å². The highest BCUT2D eigenvalue weighted by Gasteiger charge is 2.41. The highest BCUT2D eigenvalue weighted by atomic mass is 79.9. The van der Waals surface area contributed by atoms with Gasteiger partial charge in [-0.2, -0.15) is 18.3 Å². The molecule has 198 valence electrons. The van der Waals surface area contributed by atoms with Crippen LogP contribution in [0.15, 0.2) is 40.9 Å². The molecule has 3 aromatic rings. The minimum atomic E-state index is -4.51. The summed E-state index contributed by atoms with van der Waals surface area (Å²) in [6, 6.07) is 11.7. The molecule has 0 radical (unpaired) electrons. The number of halogens is 4. The zero-order valence-electron chi connectivity index (χ0n) is 20.0. The molecule has 12 heteroatoms. The summed E-state index contributed by atoms with van der Waals surface area (Å²) in [5.74, 6) is -0.320. The molecule has 37 heavy (non-hydrogen) atoms. The Kier molecular flexibility index (Phi) is 8.91. The van der Waals surface area contributed by atoms with Crippen molar-refractivity contribution in [3.63, 3.8) is 0 Å². The quantitative estimate of drug-likeness (QED) is 0.150. The summed E-state index contributed by atoms with van der Waals surface area (Å²) in [5.41, 5.74) is 1.26. The molecule has 0 amide bonds. The van der Waals surface area contributed by atoms with Gasteiger partial charge in [-0.05, 0) is 66.0 Å². The predicted molar refractivity (Wildman–Crippen MR) is 145 cm³/mol. The number of aromatic nitrogens is 2. The highest BCUT2D eigenvalue weighted by molar-refractivity contribution is 9.10. The lowest BCUT2D eigenvalue weighted by molar-refractivity contribution is -0.142. The van der Waals surface area contributed by atoms with Gasteiger partial charge in [0.25, 0.3) is 0 Å². The van der Waals surface area contributed by atoms with Crippen LogP contribution in [0.3, 0.4) is 0 Å². The molecule has 1 fully saturated rings. The third kappa shape index (κ3) is 7.11. The van der Waals surface area contributed by atoms with E-state index in [0.717, 1.165) is 23.3 Å². The number of hydrogen-bond acceptors (Lipinski definition) is 5. The number of thiophene rings is 1. The normalized spacial score (nSPS) is 13.4. The van der Waals surface area contributed by atoms with Gasteiger partial charge in [0.2, 0.25) is 0 Å². The van der Waals surface area contributed by atoms with Crippen molar-refractivity contribution in [1.82, 2.24) is 15.1 Å². The number of rotatable bonds is 10. The number of thiocarbonyl (C=S) groups is 1. The molecule has 1 saturated carbocycles. The van der Waals surface area contributed by atoms with Crippen LogP contribution in [0, 0.1) is 0 Å². The van der Waals surface area contributed by atoms with Crippen LogP contribution in [-0.2, 0) is 23.9 Å². The Hall–Kier alpha value is -2.44. The number of ether oxygens (including phenoxy) is 1. The first-order chi connectivity index (χ1) is 17.7. The number of carbonyl (C=O) groups excluding carboxylic acids is 1. The van der Waals surface area contributed by atoms with Crippen molar-refractivity contribution in [2.45, 2.75) is 51.2 Å². The van der Waals surface area contributed by atoms with Crippen LogP contribution in [0.1, 0.15) is 64.3 Å². The third-order valence-corrected chi connectivity index (χ3v) is 7.80. The minimum absolute atomic E-state index is 0.0446. The van der Waals surface area contributed by atoms with Crippen molar-refractivity contribution in [1.29, 1.82) is 0 Å². The predicted octanol–water partition coefficient (Wildman–Crippen LogP) is 6.75. The molecule has 2 aromatic heterocycles. The summed E-state index contributed by atoms with van der Waals surface area (Å²) in [6.07, 6.45) is -1.59. The lowest BCUT2D eigenvalue weighted by Crippen LogP contribution is -2.30. The summed E-state index contributed by atoms with van der Waals surface area (Å²) >= 11 is 9.96. The fraction of sp³-hybridized carbons (Fsp3) is 0.400. The maximum atomic E-state index is 13.3. The van der Waals surface area contributed by atoms with Crippen LogP contribution in [0.4, 0.5) is 18.2 Å². The van der Waals surface area contributed by atoms with Crippen molar-refractivity contribution in [2.24, 2.45) is 0 Å². The average molecular weight is 616 g/mol. The van der Waals surface area contributed by atoms with E-state index in [1.54, 1.807) is 6.92 Å². The molecular weight excluding hydrogens is 589 g/mol. The number of carbonyl (C=O) groups is 1. The van der Waals surface area contributed by atoms with Gasteiger partial charge in [-0.1, -0.05) is 30.3 Å². The molecule has 0 saturated heterocycles. The van der Waals surface area contributed by atoms with Gasteiger partial charge in [0.05, 0.1) is 22.3 Å². The first kappa shape index (κ1) is 27.6. The number of alkyl halides is 3. The van der Waals surface area contributed by atoms with Crippen LogP contribution < -0.4 is 10.6 Å². The Morgan fingerprint density at radius 3 is 2.68 bits per heavy atom. The smallest absolute Gasteiger partial charge is 0.436 e. The Balaban J connectivity index is 1.36. The summed E-state index contributed by atoms with van der Waals surface area (Å²) in [7, 11) is 0. The second-order valence-corrected chi connectivity index (χ2v) is 11.0. The Morgan fingerprint density at radius 2 is 2.03 bits per heavy atom. The Labute approximate surface area is 230 Å². The van der Waals surface area contributed by atoms with Crippen LogP contribution in [0.5, 0.6) is 0 Å². The molecule has 6 nitrogen and oxygen atoms in total. The zero-order valence-corrected chi connectivity index (χ0v) is 23.2. The molecule has 0 spiro atoms. The maximum absolute atomic E-state index is 13.3. The second-order valence-electron chi connectivity index (χ2n) is 8.62. The fourth-order valence-electron chi connectivity index (χ4n) is 3.91. The molecule has 0 atom stereocenters. The summed E-state index contributed by atoms with van der Waals surface area (Å²) in [6.45, 7) is 2.75. The van der Waals surface area contributed by atoms with Crippen molar-refractivity contribution in [2.75, 3.05) is 18.5 Å². The van der Waals surface area contributed by atoms with E-state index in [-0.39, 0.29) is 17.0 Å². The average Bonchev–Trinajstić information content (AvgIpc) is 3.51. The Bertz CT molecular complexity index is 1260. The zero-order chi connectivity index (χ0) is 26.6. The number of hydrogen-bond donors (Lipinski definition) is 2. The lowest BCUT2D eigenvalue weighted by atomic mass is 10.1. The van der Waals surface area contributed by atoms with Gasteiger partial charge < -0.3 is 15.4 Å². The van der Waals surface area contributed by atoms with Crippen molar-refractivity contribution < 1.29 is 22.7 Å². The van der Waals surface area contributed by atoms with Gasteiger partial charge in [-0.3, -0.25) is 4.68 Å². The van der Waals surface area contributed by atoms with Crippen molar-refractivity contribution in [3.8, 4) is 0 Å². The van der Waals surface area contributed by atoms with Crippen molar-refractivity contribution >= 4 is 55.6 Å². The third-order valence-electron chi connectivity index (χ3n) is 5.72. The molecule has 0 aliphatic heterocycles. The largest absolute Gasteiger partial charge is 0.462 e. The minimum Gasteiger partial charge on any atom is -0.462 e. The van der Waals surface area contributed by atoms with Crippen LogP contribution in [-0.4, -0.2) is 34.0 Å². The molecular formula is C25H26BrF3N4O2S2. The SMILES string of the molecule is CCOC(=O)c1cc(Cc2ccccc2)sc1NC(=S)NCCCn1nc(C(F)(F)F)c(Br)c1C1CC1. The standard InChI is InChI=1S/C25H26BrF3N4O2S2/c1-2-35-23(34)18-14-17(13-15-7-4-3-5-8-15)37-22(18)31-24(36)30-11-6-12-33-20(16-9-10-16)19(26)21(32-33)25(27,28)29/h3-5,7-8,14,16H,2,6,9-13H2,1H3,(H2,30,31,36). The maximum Gasteiger partial charge on any atom is 0.436 e. The molecule has 1 aliphatic rings. The van der Waals surface area contributed by atoms with Crippen LogP contribution in [0.2, 0.25) is 0 Å². The first-order valence-corrected chi connectivity index (χ1v) is 13.9. The number of benzene rings is 1. The van der Waals surface area contributed by atoms with Gasteiger partial charge in [-0.25, -0.2) is 4.79 Å². The van der Waals surface area contributed by atoms with E-state index in [1.807, 2.05) is 36.4 Å². The number of anilines is 1. The van der Waals surface area contributed by atoms with Crippen LogP contribution in [0.25, 0.3) is 0 Å². The number of nitrogens with one attached hydrogen (secondary N) is 2. The molecule has 2 heterocycles. The van der Waals surface area contributed by atoms with E-state index in [1.165, 1.54) is 16.0 Å². The van der Waals surface area contributed by atoms with Gasteiger partial charge in [0, 0.05) is 30.3 Å². The van der Waals surface area contributed by atoms with E-state index >= 15 is 0 Å². The van der Waals surface area contributed by atoms with E-state index in [0.29, 0.717) is 47.3 Å². The van der Waals surface area contributed by atoms with Gasteiger partial charge >= 0.3 is 12.1 Å². The van der Waals surface area contributed by atoms with Gasteiger partial charge in [0.1, 0.15) is 5.00 Å². The summed E-state index contributed by atoms with van der Waals surface area (Å²) in [5, 5.41) is 10.9. The highest BCUT2D eigenvalue weighted by Crippen LogP contribution is 2.47. The van der Waals surface area contributed by atoms with Crippen molar-refractivity contribution in [3.05, 3.63) is 68.3 Å². The molecule has 2 N–H and O–H groups in total. The van der Waals surface area contributed by atoms with E-state index in [4.69, 9.17) is 17.0 Å². The topological polar surface area (TPSA) is 68.2 Å². The van der Waals surface area contributed by atoms with E-state index in [9.17, 15) is 18.0 Å². The molecule has 1 aliphatic carbocycles. The monoisotopic (exact) mass is 614 g/mol. The number of nitrogens with zero attached hydrogens (tertiary/aromatic N) is 2. The molecule has 1 aromatic carbocycles. The number of aryl methyl sites for hydroxylation is 1. The summed E-state index contributed by atoms with van der Waals surface area (Å²) in [4.78, 5) is 13.5. The molecule has 0 unspecified atom stereocenters. The van der Waals surface area contributed by atoms with Gasteiger partial charge in [0.15, 0.2) is 10.8 Å². The number of esters is 1. The first-order valence-electron chi connectivity index (χ1n) is 11.9. The lowest BCUT2D eigenvalue weighted by Gasteiger charge is -2.11. The Morgan fingerprint density at radius 1 is 1.30 bits per heavy atom. The van der Waals surface area contributed by atoms with E-state index < -0.39 is 17.8 Å². The van der Waals surface area contributed by atoms with Gasteiger partial charge in [-0.15, -0.1) is 11.3 Å². The second kappa shape index (κ2) is 12.0. The van der Waals surface area contributed by atoms with Crippen LogP contribution >= 0.6 is 39.5 Å². The fourth-order valence-corrected chi connectivity index (χ4v) is 6.09. The molecule has 4 rings (SSSR count). The molecule has 0 bridgehead atoms. The summed E-state index contributed by atoms with van der Waals surface area (Å²) < 4.78 is 46.6.